The molecule has 1 aliphatic carbocycles. The van der Waals surface area contributed by atoms with Gasteiger partial charge in [-0.3, -0.25) is 0 Å². The summed E-state index contributed by atoms with van der Waals surface area (Å²) in [5.74, 6) is 0.655. The SMILES string of the molecule is CC1CCC(CO)(NCCSC(F)(F)F)CC1. The van der Waals surface area contributed by atoms with Crippen LogP contribution in [0.2, 0.25) is 0 Å². The Labute approximate surface area is 104 Å². The molecular formula is C11H20F3NOS. The summed E-state index contributed by atoms with van der Waals surface area (Å²) in [6.45, 7) is 2.47. The van der Waals surface area contributed by atoms with Gasteiger partial charge in [-0.2, -0.15) is 13.2 Å². The molecular weight excluding hydrogens is 251 g/mol. The van der Waals surface area contributed by atoms with E-state index in [1.165, 1.54) is 0 Å². The second kappa shape index (κ2) is 6.29. The number of alkyl halides is 3. The maximum absolute atomic E-state index is 11.9. The molecule has 0 heterocycles. The van der Waals surface area contributed by atoms with E-state index >= 15 is 0 Å². The molecule has 0 aliphatic heterocycles. The summed E-state index contributed by atoms with van der Waals surface area (Å²) < 4.78 is 35.8. The average molecular weight is 271 g/mol. The molecule has 2 N–H and O–H groups in total. The van der Waals surface area contributed by atoms with Gasteiger partial charge in [0, 0.05) is 17.8 Å². The van der Waals surface area contributed by atoms with Gasteiger partial charge in [0.05, 0.1) is 6.61 Å². The Kier molecular flexibility index (Phi) is 5.60. The maximum Gasteiger partial charge on any atom is 0.441 e. The van der Waals surface area contributed by atoms with Crippen LogP contribution in [-0.4, -0.2) is 35.1 Å². The van der Waals surface area contributed by atoms with Crippen molar-refractivity contribution in [2.24, 2.45) is 5.92 Å². The zero-order chi connectivity index (χ0) is 12.9. The number of hydrogen-bond acceptors (Lipinski definition) is 3. The molecule has 0 amide bonds. The highest BCUT2D eigenvalue weighted by Crippen LogP contribution is 2.32. The van der Waals surface area contributed by atoms with E-state index in [0.717, 1.165) is 25.7 Å². The van der Waals surface area contributed by atoms with Gasteiger partial charge in [-0.05, 0) is 43.4 Å². The minimum atomic E-state index is -4.16. The largest absolute Gasteiger partial charge is 0.441 e. The molecule has 2 nitrogen and oxygen atoms in total. The minimum Gasteiger partial charge on any atom is -0.394 e. The molecule has 1 saturated carbocycles. The van der Waals surface area contributed by atoms with Crippen LogP contribution in [-0.2, 0) is 0 Å². The van der Waals surface area contributed by atoms with Crippen molar-refractivity contribution in [3.8, 4) is 0 Å². The van der Waals surface area contributed by atoms with Gasteiger partial charge in [-0.25, -0.2) is 0 Å². The van der Waals surface area contributed by atoms with E-state index < -0.39 is 5.51 Å². The number of nitrogens with one attached hydrogen (secondary N) is 1. The molecule has 6 heteroatoms. The van der Waals surface area contributed by atoms with Gasteiger partial charge in [0.25, 0.3) is 0 Å². The summed E-state index contributed by atoms with van der Waals surface area (Å²) in [4.78, 5) is 0. The minimum absolute atomic E-state index is 0.000797. The standard InChI is InChI=1S/C11H20F3NOS/c1-9-2-4-10(8-16,5-3-9)15-6-7-17-11(12,13)14/h9,15-16H,2-8H2,1H3. The number of aliphatic hydroxyl groups excluding tert-OH is 1. The zero-order valence-electron chi connectivity index (χ0n) is 10.0. The lowest BCUT2D eigenvalue weighted by molar-refractivity contribution is -0.0328. The van der Waals surface area contributed by atoms with E-state index in [-0.39, 0.29) is 29.7 Å². The lowest BCUT2D eigenvalue weighted by Crippen LogP contribution is -2.51. The van der Waals surface area contributed by atoms with E-state index in [1.807, 2.05) is 0 Å². The summed E-state index contributed by atoms with van der Waals surface area (Å²) in [6.07, 6.45) is 3.75. The van der Waals surface area contributed by atoms with Crippen molar-refractivity contribution >= 4 is 11.8 Å². The van der Waals surface area contributed by atoms with E-state index in [9.17, 15) is 18.3 Å². The van der Waals surface area contributed by atoms with E-state index in [0.29, 0.717) is 12.5 Å². The van der Waals surface area contributed by atoms with E-state index in [1.54, 1.807) is 0 Å². The first kappa shape index (κ1) is 15.1. The first-order valence-corrected chi connectivity index (χ1v) is 6.92. The summed E-state index contributed by atoms with van der Waals surface area (Å²) in [6, 6.07) is 0. The molecule has 1 fully saturated rings. The van der Waals surface area contributed by atoms with Crippen molar-refractivity contribution in [1.29, 1.82) is 0 Å². The van der Waals surface area contributed by atoms with Crippen molar-refractivity contribution in [3.63, 3.8) is 0 Å². The van der Waals surface area contributed by atoms with Crippen LogP contribution in [0.3, 0.4) is 0 Å². The summed E-state index contributed by atoms with van der Waals surface area (Å²) in [5.41, 5.74) is -4.51. The van der Waals surface area contributed by atoms with Crippen LogP contribution in [0.15, 0.2) is 0 Å². The van der Waals surface area contributed by atoms with Crippen molar-refractivity contribution in [2.45, 2.75) is 43.7 Å². The molecule has 0 saturated heterocycles. The predicted molar refractivity (Wildman–Crippen MR) is 64.0 cm³/mol. The molecule has 0 aromatic carbocycles. The number of thioether (sulfide) groups is 1. The molecule has 102 valence electrons. The summed E-state index contributed by atoms with van der Waals surface area (Å²) in [5, 5.41) is 12.5. The highest BCUT2D eigenvalue weighted by Gasteiger charge is 2.33. The van der Waals surface area contributed by atoms with Crippen molar-refractivity contribution in [2.75, 3.05) is 18.9 Å². The van der Waals surface area contributed by atoms with Gasteiger partial charge < -0.3 is 10.4 Å². The highest BCUT2D eigenvalue weighted by molar-refractivity contribution is 8.00. The number of hydrogen-bond donors (Lipinski definition) is 2. The quantitative estimate of drug-likeness (QED) is 0.754. The molecule has 1 rings (SSSR count). The number of aliphatic hydroxyl groups is 1. The van der Waals surface area contributed by atoms with Crippen LogP contribution in [0.1, 0.15) is 32.6 Å². The topological polar surface area (TPSA) is 32.3 Å². The van der Waals surface area contributed by atoms with Crippen LogP contribution in [0.5, 0.6) is 0 Å². The predicted octanol–water partition coefficient (Wildman–Crippen LogP) is 2.77. The number of halogens is 3. The third-order valence-electron chi connectivity index (χ3n) is 3.40. The van der Waals surface area contributed by atoms with Crippen molar-refractivity contribution in [1.82, 2.24) is 5.32 Å². The van der Waals surface area contributed by atoms with Crippen LogP contribution in [0, 0.1) is 5.92 Å². The lowest BCUT2D eigenvalue weighted by atomic mass is 9.77. The Balaban J connectivity index is 2.27. The summed E-state index contributed by atoms with van der Waals surface area (Å²) >= 11 is -0.0122. The molecule has 0 aromatic heterocycles. The fourth-order valence-electron chi connectivity index (χ4n) is 2.19. The fraction of sp³-hybridized carbons (Fsp3) is 1.00. The van der Waals surface area contributed by atoms with Crippen LogP contribution < -0.4 is 5.32 Å². The van der Waals surface area contributed by atoms with Crippen molar-refractivity contribution in [3.05, 3.63) is 0 Å². The van der Waals surface area contributed by atoms with Crippen LogP contribution in [0.25, 0.3) is 0 Å². The molecule has 0 bridgehead atoms. The monoisotopic (exact) mass is 271 g/mol. The Hall–Kier alpha value is 0.0600. The Bertz CT molecular complexity index is 227. The fourth-order valence-corrected chi connectivity index (χ4v) is 2.62. The molecule has 1 aliphatic rings. The molecule has 0 aromatic rings. The summed E-state index contributed by atoms with van der Waals surface area (Å²) in [7, 11) is 0. The van der Waals surface area contributed by atoms with Gasteiger partial charge in [-0.1, -0.05) is 6.92 Å². The van der Waals surface area contributed by atoms with E-state index in [2.05, 4.69) is 12.2 Å². The van der Waals surface area contributed by atoms with Gasteiger partial charge in [0.2, 0.25) is 0 Å². The Morgan fingerprint density at radius 3 is 2.41 bits per heavy atom. The normalized spacial score (nSPS) is 30.5. The molecule has 17 heavy (non-hydrogen) atoms. The Morgan fingerprint density at radius 2 is 1.94 bits per heavy atom. The maximum atomic E-state index is 11.9. The molecule has 0 radical (unpaired) electrons. The Morgan fingerprint density at radius 1 is 1.35 bits per heavy atom. The second-order valence-electron chi connectivity index (χ2n) is 4.84. The number of rotatable bonds is 5. The molecule has 0 atom stereocenters. The van der Waals surface area contributed by atoms with Crippen molar-refractivity contribution < 1.29 is 18.3 Å². The van der Waals surface area contributed by atoms with Gasteiger partial charge in [-0.15, -0.1) is 0 Å². The molecule has 0 unspecified atom stereocenters. The first-order valence-electron chi connectivity index (χ1n) is 5.93. The third-order valence-corrected chi connectivity index (χ3v) is 4.14. The van der Waals surface area contributed by atoms with E-state index in [4.69, 9.17) is 0 Å². The third kappa shape index (κ3) is 5.48. The van der Waals surface area contributed by atoms with Gasteiger partial charge in [0.1, 0.15) is 0 Å². The molecule has 0 spiro atoms. The lowest BCUT2D eigenvalue weighted by Gasteiger charge is -2.39. The van der Waals surface area contributed by atoms with Crippen LogP contribution in [0.4, 0.5) is 13.2 Å². The van der Waals surface area contributed by atoms with Crippen LogP contribution >= 0.6 is 11.8 Å². The van der Waals surface area contributed by atoms with Gasteiger partial charge in [0.15, 0.2) is 0 Å². The smallest absolute Gasteiger partial charge is 0.394 e. The zero-order valence-corrected chi connectivity index (χ0v) is 10.8. The highest BCUT2D eigenvalue weighted by atomic mass is 32.2. The second-order valence-corrected chi connectivity index (χ2v) is 6.00. The first-order chi connectivity index (χ1) is 7.87. The average Bonchev–Trinajstić information content (AvgIpc) is 2.26. The van der Waals surface area contributed by atoms with Gasteiger partial charge >= 0.3 is 5.51 Å².